The highest BCUT2D eigenvalue weighted by molar-refractivity contribution is 6.29. The number of rotatable bonds is 12. The molecule has 1 aliphatic rings. The van der Waals surface area contributed by atoms with Gasteiger partial charge in [0.2, 0.25) is 5.60 Å². The van der Waals surface area contributed by atoms with Gasteiger partial charge in [-0.05, 0) is 80.3 Å². The summed E-state index contributed by atoms with van der Waals surface area (Å²) in [6.45, 7) is 1.77. The van der Waals surface area contributed by atoms with Crippen molar-refractivity contribution in [2.24, 2.45) is 0 Å². The van der Waals surface area contributed by atoms with Gasteiger partial charge in [0.05, 0.1) is 36.7 Å². The van der Waals surface area contributed by atoms with Crippen LogP contribution in [0.3, 0.4) is 0 Å². The van der Waals surface area contributed by atoms with Crippen molar-refractivity contribution in [2.45, 2.75) is 56.7 Å². The Bertz CT molecular complexity index is 1820. The lowest BCUT2D eigenvalue weighted by Gasteiger charge is -2.33. The third-order valence-electron chi connectivity index (χ3n) is 7.84. The number of ether oxygens (including phenoxy) is 3. The number of alkyl halides is 3. The summed E-state index contributed by atoms with van der Waals surface area (Å²) in [5, 5.41) is 16.3. The minimum atomic E-state index is -5.31. The van der Waals surface area contributed by atoms with Crippen molar-refractivity contribution in [2.75, 3.05) is 13.7 Å². The molecule has 258 valence electrons. The molecule has 1 fully saturated rings. The highest BCUT2D eigenvalue weighted by Crippen LogP contribution is 2.40. The van der Waals surface area contributed by atoms with Crippen molar-refractivity contribution >= 4 is 23.6 Å². The fourth-order valence-electron chi connectivity index (χ4n) is 4.82. The molecule has 2 amide bonds. The van der Waals surface area contributed by atoms with E-state index in [-0.39, 0.29) is 40.4 Å². The Morgan fingerprint density at radius 3 is 2.39 bits per heavy atom. The van der Waals surface area contributed by atoms with Gasteiger partial charge in [0, 0.05) is 17.3 Å². The van der Waals surface area contributed by atoms with Gasteiger partial charge in [-0.3, -0.25) is 4.79 Å². The molecular formula is C35H34ClF3N4O6. The Morgan fingerprint density at radius 1 is 1.00 bits per heavy atom. The Hall–Kier alpha value is -4.88. The highest BCUT2D eigenvalue weighted by Gasteiger charge is 2.56. The van der Waals surface area contributed by atoms with Crippen LogP contribution in [0, 0.1) is 0 Å². The molecule has 2 aromatic heterocycles. The van der Waals surface area contributed by atoms with Crippen molar-refractivity contribution in [3.8, 4) is 22.8 Å². The van der Waals surface area contributed by atoms with Crippen LogP contribution in [0.1, 0.15) is 53.9 Å². The molecule has 1 saturated carbocycles. The number of aliphatic hydroxyl groups is 1. The number of hydrogen-bond acceptors (Lipinski definition) is 8. The monoisotopic (exact) mass is 698 g/mol. The van der Waals surface area contributed by atoms with Gasteiger partial charge >= 0.3 is 12.3 Å². The summed E-state index contributed by atoms with van der Waals surface area (Å²) in [6.07, 6.45) is -2.97. The lowest BCUT2D eigenvalue weighted by Crippen LogP contribution is -2.52. The van der Waals surface area contributed by atoms with Crippen molar-refractivity contribution in [3.63, 3.8) is 0 Å². The second kappa shape index (κ2) is 14.3. The first kappa shape index (κ1) is 35.4. The van der Waals surface area contributed by atoms with E-state index in [0.717, 1.165) is 24.5 Å². The lowest BCUT2D eigenvalue weighted by molar-refractivity contribution is -0.265. The van der Waals surface area contributed by atoms with Crippen LogP contribution in [0.15, 0.2) is 79.0 Å². The number of methoxy groups -OCH3 is 1. The second-order valence-electron chi connectivity index (χ2n) is 12.0. The first-order valence-electron chi connectivity index (χ1n) is 15.2. The molecule has 0 aliphatic heterocycles. The summed E-state index contributed by atoms with van der Waals surface area (Å²) in [5.41, 5.74) is -4.70. The minimum absolute atomic E-state index is 0.00526. The smallest absolute Gasteiger partial charge is 0.424 e. The minimum Gasteiger partial charge on any atom is -0.493 e. The molecule has 1 aliphatic carbocycles. The third kappa shape index (κ3) is 8.59. The summed E-state index contributed by atoms with van der Waals surface area (Å²) >= 11 is 6.08. The number of nitrogens with zero attached hydrogens (tertiary/aromatic N) is 2. The number of amides is 2. The van der Waals surface area contributed by atoms with E-state index in [1.807, 2.05) is 6.07 Å². The average Bonchev–Trinajstić information content (AvgIpc) is 3.90. The van der Waals surface area contributed by atoms with Gasteiger partial charge in [0.1, 0.15) is 11.8 Å². The molecule has 0 bridgehead atoms. The maximum absolute atomic E-state index is 14.8. The quantitative estimate of drug-likeness (QED) is 0.140. The Balaban J connectivity index is 1.46. The highest BCUT2D eigenvalue weighted by atomic mass is 35.5. The Morgan fingerprint density at radius 2 is 1.73 bits per heavy atom. The first-order chi connectivity index (χ1) is 23.2. The molecule has 1 atom stereocenters. The zero-order chi connectivity index (χ0) is 35.4. The van der Waals surface area contributed by atoms with Crippen LogP contribution < -0.4 is 20.1 Å². The van der Waals surface area contributed by atoms with Crippen molar-refractivity contribution < 1.29 is 42.1 Å². The number of pyridine rings is 2. The third-order valence-corrected chi connectivity index (χ3v) is 8.04. The van der Waals surface area contributed by atoms with Crippen molar-refractivity contribution in [1.82, 2.24) is 20.6 Å². The van der Waals surface area contributed by atoms with E-state index in [1.165, 1.54) is 49.7 Å². The molecule has 0 saturated heterocycles. The summed E-state index contributed by atoms with van der Waals surface area (Å²) in [4.78, 5) is 34.0. The normalized spacial score (nSPS) is 14.4. The van der Waals surface area contributed by atoms with Gasteiger partial charge in [-0.2, -0.15) is 13.2 Å². The number of carbonyl (C=O) groups is 2. The Kier molecular flexibility index (Phi) is 10.3. The molecule has 14 heteroatoms. The molecular weight excluding hydrogens is 665 g/mol. The predicted octanol–water partition coefficient (Wildman–Crippen LogP) is 6.69. The van der Waals surface area contributed by atoms with Crippen molar-refractivity contribution in [1.29, 1.82) is 0 Å². The number of aromatic nitrogens is 2. The summed E-state index contributed by atoms with van der Waals surface area (Å²) in [6, 6.07) is 18.5. The lowest BCUT2D eigenvalue weighted by atomic mass is 9.88. The van der Waals surface area contributed by atoms with Gasteiger partial charge in [-0.15, -0.1) is 0 Å². The molecule has 49 heavy (non-hydrogen) atoms. The Labute approximate surface area is 285 Å². The van der Waals surface area contributed by atoms with E-state index < -0.39 is 41.6 Å². The van der Waals surface area contributed by atoms with Crippen LogP contribution in [0.2, 0.25) is 5.15 Å². The van der Waals surface area contributed by atoms with Crippen molar-refractivity contribution in [3.05, 3.63) is 107 Å². The SMILES string of the molecule is COc1cc(C(=O)NCC(O)(c2cc(C(C)(C)NC(=O)OCc3ccccc3)cc(-c3ccnc(Cl)c3)n2)C(F)(F)F)ccc1OC1CC1. The fourth-order valence-corrected chi connectivity index (χ4v) is 4.99. The van der Waals surface area contributed by atoms with Gasteiger partial charge in [-0.1, -0.05) is 41.9 Å². The zero-order valence-electron chi connectivity index (χ0n) is 26.8. The van der Waals surface area contributed by atoms with E-state index in [1.54, 1.807) is 38.1 Å². The van der Waals surface area contributed by atoms with E-state index in [9.17, 15) is 27.9 Å². The number of hydrogen-bond donors (Lipinski definition) is 3. The first-order valence-corrected chi connectivity index (χ1v) is 15.6. The second-order valence-corrected chi connectivity index (χ2v) is 12.4. The summed E-state index contributed by atoms with van der Waals surface area (Å²) in [5.74, 6) is -0.268. The fraction of sp³-hybridized carbons (Fsp3) is 0.314. The van der Waals surface area contributed by atoms with Crippen LogP contribution in [-0.4, -0.2) is 53.0 Å². The average molecular weight is 699 g/mol. The largest absolute Gasteiger partial charge is 0.493 e. The van der Waals surface area contributed by atoms with Crippen LogP contribution in [0.25, 0.3) is 11.3 Å². The van der Waals surface area contributed by atoms with Gasteiger partial charge in [0.15, 0.2) is 11.5 Å². The molecule has 3 N–H and O–H groups in total. The maximum Gasteiger partial charge on any atom is 0.424 e. The molecule has 10 nitrogen and oxygen atoms in total. The van der Waals surface area contributed by atoms with Gasteiger partial charge in [-0.25, -0.2) is 14.8 Å². The molecule has 2 aromatic carbocycles. The molecule has 2 heterocycles. The number of nitrogens with one attached hydrogen (secondary N) is 2. The summed E-state index contributed by atoms with van der Waals surface area (Å²) in [7, 11) is 1.38. The number of alkyl carbamates (subject to hydrolysis) is 1. The molecule has 4 aromatic rings. The van der Waals surface area contributed by atoms with E-state index >= 15 is 0 Å². The van der Waals surface area contributed by atoms with Crippen LogP contribution in [0.5, 0.6) is 11.5 Å². The topological polar surface area (TPSA) is 132 Å². The number of halogens is 4. The predicted molar refractivity (Wildman–Crippen MR) is 174 cm³/mol. The zero-order valence-corrected chi connectivity index (χ0v) is 27.6. The van der Waals surface area contributed by atoms with Crippen LogP contribution in [-0.2, 0) is 22.5 Å². The van der Waals surface area contributed by atoms with Gasteiger partial charge in [0.25, 0.3) is 5.91 Å². The maximum atomic E-state index is 14.8. The van der Waals surface area contributed by atoms with E-state index in [0.29, 0.717) is 11.3 Å². The number of carbonyl (C=O) groups excluding carboxylic acids is 2. The number of benzene rings is 2. The molecule has 5 rings (SSSR count). The summed E-state index contributed by atoms with van der Waals surface area (Å²) < 4.78 is 60.9. The molecule has 0 spiro atoms. The van der Waals surface area contributed by atoms with Gasteiger partial charge < -0.3 is 30.0 Å². The van der Waals surface area contributed by atoms with E-state index in [4.69, 9.17) is 25.8 Å². The molecule has 1 unspecified atom stereocenters. The van der Waals surface area contributed by atoms with E-state index in [2.05, 4.69) is 20.6 Å². The molecule has 0 radical (unpaired) electrons. The van der Waals surface area contributed by atoms with Crippen LogP contribution in [0.4, 0.5) is 18.0 Å². The standard InChI is InChI=1S/C35H34ClF3N4O6/c1-33(2,43-32(45)48-19-21-7-5-4-6-8-21)24-17-26(22-13-14-40-30(36)16-22)42-29(18-24)34(46,35(37,38)39)20-41-31(44)23-9-12-27(28(15-23)47-3)49-25-10-11-25/h4-9,12-18,25,46H,10-11,19-20H2,1-3H3,(H,41,44)(H,43,45). The van der Waals surface area contributed by atoms with Crippen LogP contribution >= 0.6 is 11.6 Å².